The minimum Gasteiger partial charge on any atom is -0.652 e. The molecule has 0 aromatic carbocycles. The van der Waals surface area contributed by atoms with Crippen LogP contribution in [0.15, 0.2) is 0 Å². The van der Waals surface area contributed by atoms with Crippen molar-refractivity contribution in [3.63, 3.8) is 0 Å². The molecule has 0 aliphatic rings. The van der Waals surface area contributed by atoms with Gasteiger partial charge in [0.05, 0.1) is 0 Å². The van der Waals surface area contributed by atoms with E-state index in [1.807, 2.05) is 0 Å². The van der Waals surface area contributed by atoms with Crippen molar-refractivity contribution in [1.82, 2.24) is 6.15 Å². The zero-order valence-electron chi connectivity index (χ0n) is 4.66. The second-order valence-corrected chi connectivity index (χ2v) is 0.500. The second kappa shape index (κ2) is 15.8. The third kappa shape index (κ3) is 790. The van der Waals surface area contributed by atoms with Crippen LogP contribution in [0.4, 0.5) is 9.59 Å². The van der Waals surface area contributed by atoms with Gasteiger partial charge in [-0.05, 0) is 12.3 Å². The van der Waals surface area contributed by atoms with Gasteiger partial charge in [-0.15, -0.1) is 0 Å². The quantitative estimate of drug-likeness (QED) is 0.435. The SMILES string of the molecule is N.O=C([O-])[O-].O=C([O-])[O-].[Zr]. The van der Waals surface area contributed by atoms with Gasteiger partial charge in [0.25, 0.3) is 0 Å². The minimum absolute atomic E-state index is 0. The molecule has 10 heavy (non-hydrogen) atoms. The Morgan fingerprint density at radius 3 is 0.800 bits per heavy atom. The van der Waals surface area contributed by atoms with Gasteiger partial charge in [-0.1, -0.05) is 0 Å². The topological polar surface area (TPSA) is 161 Å². The first-order valence-electron chi connectivity index (χ1n) is 1.22. The van der Waals surface area contributed by atoms with Gasteiger partial charge in [0, 0.05) is 26.2 Å². The Hall–Kier alpha value is -0.617. The predicted molar refractivity (Wildman–Crippen MR) is 15.8 cm³/mol. The third-order valence-corrected chi connectivity index (χ3v) is 0. The van der Waals surface area contributed by atoms with Crippen LogP contribution < -0.4 is 26.6 Å². The number of rotatable bonds is 0. The van der Waals surface area contributed by atoms with Gasteiger partial charge >= 0.3 is 0 Å². The first kappa shape index (κ1) is 22.8. The van der Waals surface area contributed by atoms with Crippen LogP contribution in [0, 0.1) is 0 Å². The second-order valence-electron chi connectivity index (χ2n) is 0.500. The monoisotopic (exact) mass is 227 g/mol. The van der Waals surface area contributed by atoms with Crippen molar-refractivity contribution in [3.05, 3.63) is 0 Å². The fraction of sp³-hybridized carbons (Fsp3) is 0. The van der Waals surface area contributed by atoms with Gasteiger partial charge < -0.3 is 36.2 Å². The molecule has 0 saturated carbocycles. The van der Waals surface area contributed by atoms with Crippen molar-refractivity contribution in [2.24, 2.45) is 0 Å². The molecular formula is C2H3NO6Zr-4. The molecule has 0 saturated heterocycles. The van der Waals surface area contributed by atoms with Gasteiger partial charge in [-0.3, -0.25) is 0 Å². The Balaban J connectivity index is -0.0000000300. The molecular weight excluding hydrogens is 225 g/mol. The number of hydrogen-bond donors (Lipinski definition) is 1. The number of carbonyl (C=O) groups excluding carboxylic acids is 2. The zero-order valence-corrected chi connectivity index (χ0v) is 7.11. The van der Waals surface area contributed by atoms with E-state index >= 15 is 0 Å². The van der Waals surface area contributed by atoms with Crippen LogP contribution in [-0.2, 0) is 26.2 Å². The van der Waals surface area contributed by atoms with E-state index in [0.29, 0.717) is 0 Å². The molecule has 0 aliphatic heterocycles. The third-order valence-electron chi connectivity index (χ3n) is 0. The Kier molecular flexibility index (Phi) is 35.9. The van der Waals surface area contributed by atoms with Gasteiger partial charge in [-0.2, -0.15) is 0 Å². The molecule has 0 aliphatic carbocycles. The normalized spacial score (nSPS) is 4.80. The molecule has 0 heterocycles. The summed E-state index contributed by atoms with van der Waals surface area (Å²) in [5.41, 5.74) is 0. The van der Waals surface area contributed by atoms with Crippen molar-refractivity contribution in [1.29, 1.82) is 0 Å². The molecule has 0 aromatic heterocycles. The summed E-state index contributed by atoms with van der Waals surface area (Å²) in [7, 11) is 0. The molecule has 0 amide bonds. The van der Waals surface area contributed by atoms with Crippen LogP contribution in [0.3, 0.4) is 0 Å². The van der Waals surface area contributed by atoms with Crippen LogP contribution in [0.25, 0.3) is 0 Å². The van der Waals surface area contributed by atoms with E-state index in [-0.39, 0.29) is 32.4 Å². The summed E-state index contributed by atoms with van der Waals surface area (Å²) < 4.78 is 0. The summed E-state index contributed by atoms with van der Waals surface area (Å²) in [6.07, 6.45) is -4.67. The fourth-order valence-electron chi connectivity index (χ4n) is 0. The fourth-order valence-corrected chi connectivity index (χ4v) is 0. The molecule has 0 radical (unpaired) electrons. The molecule has 0 aromatic rings. The van der Waals surface area contributed by atoms with Gasteiger partial charge in [0.15, 0.2) is 0 Å². The van der Waals surface area contributed by atoms with E-state index in [2.05, 4.69) is 0 Å². The molecule has 0 bridgehead atoms. The maximum absolute atomic E-state index is 8.33. The summed E-state index contributed by atoms with van der Waals surface area (Å²) in [6.45, 7) is 0. The summed E-state index contributed by atoms with van der Waals surface area (Å²) >= 11 is 0. The summed E-state index contributed by atoms with van der Waals surface area (Å²) in [5, 5.41) is 33.3. The predicted octanol–water partition coefficient (Wildman–Crippen LogP) is -4.73. The van der Waals surface area contributed by atoms with Crippen LogP contribution in [-0.4, -0.2) is 12.3 Å². The van der Waals surface area contributed by atoms with Crippen molar-refractivity contribution < 1.29 is 56.2 Å². The van der Waals surface area contributed by atoms with Crippen LogP contribution in [0.1, 0.15) is 0 Å². The first-order chi connectivity index (χ1) is 3.46. The molecule has 60 valence electrons. The average Bonchev–Trinajstić information content (AvgIpc) is 1.25. The van der Waals surface area contributed by atoms with Crippen molar-refractivity contribution in [2.75, 3.05) is 0 Å². The Bertz CT molecular complexity index is 73.7. The van der Waals surface area contributed by atoms with Crippen molar-refractivity contribution in [3.8, 4) is 0 Å². The molecule has 0 atom stereocenters. The van der Waals surface area contributed by atoms with Gasteiger partial charge in [0.2, 0.25) is 0 Å². The molecule has 0 spiro atoms. The minimum atomic E-state index is -2.33. The maximum atomic E-state index is 8.33. The molecule has 0 rings (SSSR count). The largest absolute Gasteiger partial charge is 0.652 e. The van der Waals surface area contributed by atoms with Gasteiger partial charge in [0.1, 0.15) is 0 Å². The maximum Gasteiger partial charge on any atom is 0 e. The molecule has 0 unspecified atom stereocenters. The van der Waals surface area contributed by atoms with E-state index in [9.17, 15) is 0 Å². The van der Waals surface area contributed by atoms with Crippen molar-refractivity contribution in [2.45, 2.75) is 0 Å². The first-order valence-corrected chi connectivity index (χ1v) is 1.22. The van der Waals surface area contributed by atoms with Crippen LogP contribution >= 0.6 is 0 Å². The van der Waals surface area contributed by atoms with E-state index in [0.717, 1.165) is 0 Å². The number of carboxylic acid groups (broad SMARTS) is 4. The molecule has 3 N–H and O–H groups in total. The Labute approximate surface area is 75.0 Å². The van der Waals surface area contributed by atoms with Crippen LogP contribution in [0.5, 0.6) is 0 Å². The van der Waals surface area contributed by atoms with E-state index in [1.165, 1.54) is 0 Å². The van der Waals surface area contributed by atoms with Crippen LogP contribution in [0.2, 0.25) is 0 Å². The molecule has 0 fully saturated rings. The zero-order chi connectivity index (χ0) is 7.15. The Morgan fingerprint density at radius 2 is 0.800 bits per heavy atom. The van der Waals surface area contributed by atoms with E-state index in [1.54, 1.807) is 0 Å². The van der Waals surface area contributed by atoms with Crippen molar-refractivity contribution >= 4 is 12.3 Å². The molecule has 8 heteroatoms. The van der Waals surface area contributed by atoms with E-state index in [4.69, 9.17) is 30.0 Å². The summed E-state index contributed by atoms with van der Waals surface area (Å²) in [5.74, 6) is 0. The average molecular weight is 228 g/mol. The standard InChI is InChI=1S/2CH2O3.H3N.Zr/c2*2-1(3)4;;/h2*(H2,2,3,4);1H3;/p-4. The number of carbonyl (C=O) groups is 2. The van der Waals surface area contributed by atoms with E-state index < -0.39 is 12.3 Å². The molecule has 7 nitrogen and oxygen atoms in total. The number of hydrogen-bond acceptors (Lipinski definition) is 7. The Morgan fingerprint density at radius 1 is 0.800 bits per heavy atom. The van der Waals surface area contributed by atoms with Gasteiger partial charge in [-0.25, -0.2) is 0 Å². The summed E-state index contributed by atoms with van der Waals surface area (Å²) in [4.78, 5) is 16.7. The summed E-state index contributed by atoms with van der Waals surface area (Å²) in [6, 6.07) is 0. The smallest absolute Gasteiger partial charge is 0 e.